The van der Waals surface area contributed by atoms with E-state index in [1.165, 1.54) is 22.3 Å². The third-order valence-corrected chi connectivity index (χ3v) is 3.19. The molecule has 1 aliphatic heterocycles. The number of hydrogen-bond donors (Lipinski definition) is 1. The minimum Gasteiger partial charge on any atom is -0.329 e. The average molecular weight is 218 g/mol. The Morgan fingerprint density at radius 3 is 2.25 bits per heavy atom. The van der Waals surface area contributed by atoms with Crippen molar-refractivity contribution in [1.29, 1.82) is 0 Å². The predicted molar refractivity (Wildman–Crippen MR) is 64.6 cm³/mol. The van der Waals surface area contributed by atoms with Crippen molar-refractivity contribution >= 4 is 6.03 Å². The lowest BCUT2D eigenvalue weighted by Crippen LogP contribution is -2.24. The van der Waals surface area contributed by atoms with Crippen LogP contribution in [0.4, 0.5) is 4.79 Å². The van der Waals surface area contributed by atoms with E-state index in [1.54, 1.807) is 4.90 Å². The van der Waals surface area contributed by atoms with Crippen molar-refractivity contribution in [1.82, 2.24) is 10.2 Å². The summed E-state index contributed by atoms with van der Waals surface area (Å²) >= 11 is 0. The van der Waals surface area contributed by atoms with Gasteiger partial charge in [-0.25, -0.2) is 4.79 Å². The van der Waals surface area contributed by atoms with Crippen molar-refractivity contribution in [3.05, 3.63) is 34.4 Å². The third kappa shape index (κ3) is 1.77. The first-order chi connectivity index (χ1) is 7.49. The lowest BCUT2D eigenvalue weighted by atomic mass is 9.94. The van der Waals surface area contributed by atoms with Gasteiger partial charge in [-0.05, 0) is 37.5 Å². The standard InChI is InChI=1S/C13H18N2O/c1-8-5-9(2)12(10(3)6-8)11-7-15(4)13(16)14-11/h5-6,11H,7H2,1-4H3,(H,14,16). The number of carbonyl (C=O) groups excluding carboxylic acids is 1. The Morgan fingerprint density at radius 1 is 1.25 bits per heavy atom. The van der Waals surface area contributed by atoms with Crippen molar-refractivity contribution in [3.63, 3.8) is 0 Å². The normalized spacial score (nSPS) is 20.1. The topological polar surface area (TPSA) is 32.3 Å². The highest BCUT2D eigenvalue weighted by Gasteiger charge is 2.28. The zero-order valence-electron chi connectivity index (χ0n) is 10.3. The van der Waals surface area contributed by atoms with Gasteiger partial charge in [0.15, 0.2) is 0 Å². The van der Waals surface area contributed by atoms with Crippen LogP contribution in [0.5, 0.6) is 0 Å². The Bertz CT molecular complexity index is 417. The number of carbonyl (C=O) groups is 1. The highest BCUT2D eigenvalue weighted by Crippen LogP contribution is 2.26. The molecule has 1 aromatic carbocycles. The van der Waals surface area contributed by atoms with Crippen LogP contribution >= 0.6 is 0 Å². The Morgan fingerprint density at radius 2 is 1.81 bits per heavy atom. The van der Waals surface area contributed by atoms with E-state index in [9.17, 15) is 4.79 Å². The summed E-state index contributed by atoms with van der Waals surface area (Å²) in [6.07, 6.45) is 0. The van der Waals surface area contributed by atoms with E-state index < -0.39 is 0 Å². The first-order valence-electron chi connectivity index (χ1n) is 5.58. The molecule has 16 heavy (non-hydrogen) atoms. The molecule has 3 nitrogen and oxygen atoms in total. The first kappa shape index (κ1) is 11.0. The van der Waals surface area contributed by atoms with Crippen LogP contribution in [-0.2, 0) is 0 Å². The molecule has 1 N–H and O–H groups in total. The quantitative estimate of drug-likeness (QED) is 0.770. The fourth-order valence-corrected chi connectivity index (χ4v) is 2.57. The zero-order chi connectivity index (χ0) is 11.9. The van der Waals surface area contributed by atoms with E-state index in [2.05, 4.69) is 38.2 Å². The molecule has 86 valence electrons. The maximum atomic E-state index is 11.5. The van der Waals surface area contributed by atoms with Crippen molar-refractivity contribution in [2.45, 2.75) is 26.8 Å². The molecule has 1 fully saturated rings. The maximum Gasteiger partial charge on any atom is 0.317 e. The molecule has 1 atom stereocenters. The van der Waals surface area contributed by atoms with Gasteiger partial charge in [0, 0.05) is 13.6 Å². The van der Waals surface area contributed by atoms with E-state index in [1.807, 2.05) is 7.05 Å². The molecule has 0 spiro atoms. The number of nitrogens with one attached hydrogen (secondary N) is 1. The molecule has 1 saturated heterocycles. The molecule has 1 unspecified atom stereocenters. The average Bonchev–Trinajstić information content (AvgIpc) is 2.44. The maximum absolute atomic E-state index is 11.5. The van der Waals surface area contributed by atoms with Crippen LogP contribution in [0.3, 0.4) is 0 Å². The summed E-state index contributed by atoms with van der Waals surface area (Å²) in [5.74, 6) is 0. The highest BCUT2D eigenvalue weighted by molar-refractivity contribution is 5.77. The van der Waals surface area contributed by atoms with Gasteiger partial charge in [-0.3, -0.25) is 0 Å². The summed E-state index contributed by atoms with van der Waals surface area (Å²) in [7, 11) is 1.83. The van der Waals surface area contributed by atoms with Gasteiger partial charge >= 0.3 is 6.03 Å². The van der Waals surface area contributed by atoms with Crippen molar-refractivity contribution in [2.24, 2.45) is 0 Å². The molecule has 3 heteroatoms. The van der Waals surface area contributed by atoms with E-state index in [-0.39, 0.29) is 12.1 Å². The van der Waals surface area contributed by atoms with Crippen LogP contribution in [0.15, 0.2) is 12.1 Å². The summed E-state index contributed by atoms with van der Waals surface area (Å²) in [5, 5.41) is 3.01. The smallest absolute Gasteiger partial charge is 0.317 e. The van der Waals surface area contributed by atoms with Crippen LogP contribution in [0.25, 0.3) is 0 Å². The SMILES string of the molecule is Cc1cc(C)c(C2CN(C)C(=O)N2)c(C)c1. The Hall–Kier alpha value is -1.51. The number of hydrogen-bond acceptors (Lipinski definition) is 1. The molecule has 1 aliphatic rings. The number of rotatable bonds is 1. The lowest BCUT2D eigenvalue weighted by Gasteiger charge is -2.17. The Balaban J connectivity index is 2.38. The molecule has 2 amide bonds. The molecule has 2 rings (SSSR count). The summed E-state index contributed by atoms with van der Waals surface area (Å²) in [6, 6.07) is 4.50. The Kier molecular flexibility index (Phi) is 2.62. The number of likely N-dealkylation sites (N-methyl/N-ethyl adjacent to an activating group) is 1. The van der Waals surface area contributed by atoms with E-state index in [0.29, 0.717) is 0 Å². The van der Waals surface area contributed by atoms with E-state index in [0.717, 1.165) is 6.54 Å². The largest absolute Gasteiger partial charge is 0.329 e. The number of nitrogens with zero attached hydrogens (tertiary/aromatic N) is 1. The second-order valence-electron chi connectivity index (χ2n) is 4.69. The van der Waals surface area contributed by atoms with Crippen LogP contribution in [0, 0.1) is 20.8 Å². The van der Waals surface area contributed by atoms with Gasteiger partial charge < -0.3 is 10.2 Å². The lowest BCUT2D eigenvalue weighted by molar-refractivity contribution is 0.226. The molecule has 0 aliphatic carbocycles. The summed E-state index contributed by atoms with van der Waals surface area (Å²) in [4.78, 5) is 13.2. The summed E-state index contributed by atoms with van der Waals surface area (Å²) in [5.41, 5.74) is 5.07. The van der Waals surface area contributed by atoms with Crippen LogP contribution < -0.4 is 5.32 Å². The Labute approximate surface area is 96.5 Å². The predicted octanol–water partition coefficient (Wildman–Crippen LogP) is 2.31. The first-order valence-corrected chi connectivity index (χ1v) is 5.58. The second-order valence-corrected chi connectivity index (χ2v) is 4.69. The highest BCUT2D eigenvalue weighted by atomic mass is 16.2. The molecular weight excluding hydrogens is 200 g/mol. The molecule has 0 radical (unpaired) electrons. The monoisotopic (exact) mass is 218 g/mol. The summed E-state index contributed by atoms with van der Waals surface area (Å²) in [6.45, 7) is 7.08. The van der Waals surface area contributed by atoms with E-state index >= 15 is 0 Å². The van der Waals surface area contributed by atoms with Crippen molar-refractivity contribution in [2.75, 3.05) is 13.6 Å². The van der Waals surface area contributed by atoms with Gasteiger partial charge in [-0.1, -0.05) is 17.7 Å². The van der Waals surface area contributed by atoms with Crippen molar-refractivity contribution in [3.8, 4) is 0 Å². The summed E-state index contributed by atoms with van der Waals surface area (Å²) < 4.78 is 0. The third-order valence-electron chi connectivity index (χ3n) is 3.19. The minimum atomic E-state index is 0.0179. The molecule has 1 heterocycles. The van der Waals surface area contributed by atoms with Crippen LogP contribution in [0.2, 0.25) is 0 Å². The van der Waals surface area contributed by atoms with Gasteiger partial charge in [0.1, 0.15) is 0 Å². The van der Waals surface area contributed by atoms with Gasteiger partial charge in [0.2, 0.25) is 0 Å². The van der Waals surface area contributed by atoms with Crippen molar-refractivity contribution < 1.29 is 4.79 Å². The van der Waals surface area contributed by atoms with Gasteiger partial charge in [-0.2, -0.15) is 0 Å². The molecular formula is C13H18N2O. The van der Waals surface area contributed by atoms with Gasteiger partial charge in [-0.15, -0.1) is 0 Å². The molecule has 0 aromatic heterocycles. The van der Waals surface area contributed by atoms with Gasteiger partial charge in [0.05, 0.1) is 6.04 Å². The van der Waals surface area contributed by atoms with Gasteiger partial charge in [0.25, 0.3) is 0 Å². The van der Waals surface area contributed by atoms with E-state index in [4.69, 9.17) is 0 Å². The number of benzene rings is 1. The molecule has 0 saturated carbocycles. The second kappa shape index (κ2) is 3.81. The number of urea groups is 1. The fraction of sp³-hybridized carbons (Fsp3) is 0.462. The number of amides is 2. The van der Waals surface area contributed by atoms with Crippen LogP contribution in [0.1, 0.15) is 28.3 Å². The number of aryl methyl sites for hydroxylation is 3. The minimum absolute atomic E-state index is 0.0179. The molecule has 1 aromatic rings. The zero-order valence-corrected chi connectivity index (χ0v) is 10.3. The fourth-order valence-electron chi connectivity index (χ4n) is 2.57. The molecule has 0 bridgehead atoms. The van der Waals surface area contributed by atoms with Crippen LogP contribution in [-0.4, -0.2) is 24.5 Å².